The molecule has 1 N–H and O–H groups in total. The maximum Gasteiger partial charge on any atom is 0.246 e. The highest BCUT2D eigenvalue weighted by atomic mass is 16.5. The molecule has 0 radical (unpaired) electrons. The molecule has 3 heteroatoms. The highest BCUT2D eigenvalue weighted by Crippen LogP contribution is 2.22. The van der Waals surface area contributed by atoms with Gasteiger partial charge in [0, 0.05) is 12.6 Å². The van der Waals surface area contributed by atoms with Gasteiger partial charge in [0.1, 0.15) is 6.61 Å². The number of ether oxygens (including phenoxy) is 1. The summed E-state index contributed by atoms with van der Waals surface area (Å²) in [6.07, 6.45) is 6.21. The molecule has 1 amide bonds. The summed E-state index contributed by atoms with van der Waals surface area (Å²) in [7, 11) is 0. The molecule has 0 aromatic carbocycles. The van der Waals surface area contributed by atoms with Crippen molar-refractivity contribution in [1.82, 2.24) is 5.32 Å². The van der Waals surface area contributed by atoms with Crippen LogP contribution in [0.5, 0.6) is 0 Å². The summed E-state index contributed by atoms with van der Waals surface area (Å²) in [5.41, 5.74) is 0. The molecular weight excluding hydrogens is 190 g/mol. The summed E-state index contributed by atoms with van der Waals surface area (Å²) in [5.74, 6) is 0.647. The molecule has 3 nitrogen and oxygen atoms in total. The van der Waals surface area contributed by atoms with Crippen LogP contribution in [-0.2, 0) is 9.53 Å². The largest absolute Gasteiger partial charge is 0.372 e. The molecular formula is C12H23NO2. The van der Waals surface area contributed by atoms with Crippen molar-refractivity contribution in [2.75, 3.05) is 13.2 Å². The third-order valence-corrected chi connectivity index (χ3v) is 3.15. The number of carbonyl (C=O) groups excluding carboxylic acids is 1. The maximum absolute atomic E-state index is 11.5. The molecule has 1 aliphatic carbocycles. The molecule has 15 heavy (non-hydrogen) atoms. The van der Waals surface area contributed by atoms with Crippen molar-refractivity contribution >= 4 is 5.91 Å². The predicted molar refractivity (Wildman–Crippen MR) is 60.7 cm³/mol. The Labute approximate surface area is 92.6 Å². The van der Waals surface area contributed by atoms with Crippen molar-refractivity contribution in [3.05, 3.63) is 0 Å². The van der Waals surface area contributed by atoms with Gasteiger partial charge in [-0.3, -0.25) is 4.79 Å². The van der Waals surface area contributed by atoms with Crippen LogP contribution in [0.15, 0.2) is 0 Å². The van der Waals surface area contributed by atoms with Crippen molar-refractivity contribution in [2.45, 2.75) is 52.0 Å². The molecule has 0 heterocycles. The normalized spacial score (nSPS) is 27.1. The first-order valence-electron chi connectivity index (χ1n) is 6.11. The van der Waals surface area contributed by atoms with Crippen LogP contribution in [0.4, 0.5) is 0 Å². The molecule has 2 atom stereocenters. The van der Waals surface area contributed by atoms with E-state index in [9.17, 15) is 4.79 Å². The lowest BCUT2D eigenvalue weighted by atomic mass is 9.97. The first-order chi connectivity index (χ1) is 7.24. The second-order valence-corrected chi connectivity index (χ2v) is 4.43. The van der Waals surface area contributed by atoms with Crippen LogP contribution in [-0.4, -0.2) is 25.2 Å². The van der Waals surface area contributed by atoms with E-state index in [4.69, 9.17) is 4.74 Å². The topological polar surface area (TPSA) is 38.3 Å². The predicted octanol–water partition coefficient (Wildman–Crippen LogP) is 2.11. The van der Waals surface area contributed by atoms with Crippen LogP contribution in [0.1, 0.15) is 46.0 Å². The van der Waals surface area contributed by atoms with E-state index in [2.05, 4.69) is 12.2 Å². The van der Waals surface area contributed by atoms with Gasteiger partial charge in [-0.15, -0.1) is 0 Å². The molecule has 1 rings (SSSR count). The lowest BCUT2D eigenvalue weighted by Gasteiger charge is -2.22. The zero-order valence-corrected chi connectivity index (χ0v) is 9.92. The van der Waals surface area contributed by atoms with Gasteiger partial charge in [0.15, 0.2) is 0 Å². The quantitative estimate of drug-likeness (QED) is 0.726. The Hall–Kier alpha value is -0.570. The molecule has 0 bridgehead atoms. The fourth-order valence-corrected chi connectivity index (χ4v) is 2.15. The van der Waals surface area contributed by atoms with Gasteiger partial charge in [0.25, 0.3) is 0 Å². The molecule has 0 aromatic rings. The lowest BCUT2D eigenvalue weighted by Crippen LogP contribution is -2.40. The van der Waals surface area contributed by atoms with Crippen LogP contribution in [0.2, 0.25) is 0 Å². The second-order valence-electron chi connectivity index (χ2n) is 4.43. The van der Waals surface area contributed by atoms with Crippen LogP contribution < -0.4 is 5.32 Å². The van der Waals surface area contributed by atoms with E-state index in [0.29, 0.717) is 18.6 Å². The van der Waals surface area contributed by atoms with E-state index in [-0.39, 0.29) is 12.5 Å². The highest BCUT2D eigenvalue weighted by Gasteiger charge is 2.21. The third-order valence-electron chi connectivity index (χ3n) is 3.15. The first-order valence-corrected chi connectivity index (χ1v) is 6.11. The lowest BCUT2D eigenvalue weighted by molar-refractivity contribution is -0.126. The minimum absolute atomic E-state index is 0.0376. The van der Waals surface area contributed by atoms with Crippen molar-refractivity contribution in [3.8, 4) is 0 Å². The zero-order valence-electron chi connectivity index (χ0n) is 9.92. The standard InChI is InChI=1S/C12H23NO2/c1-3-15-9-12(14)13-11-8-6-4-5-7-10(11)2/h10-11H,3-9H2,1-2H3,(H,13,14). The van der Waals surface area contributed by atoms with Crippen LogP contribution >= 0.6 is 0 Å². The number of hydrogen-bond donors (Lipinski definition) is 1. The maximum atomic E-state index is 11.5. The number of nitrogens with one attached hydrogen (secondary N) is 1. The van der Waals surface area contributed by atoms with E-state index in [1.165, 1.54) is 25.7 Å². The van der Waals surface area contributed by atoms with E-state index >= 15 is 0 Å². The summed E-state index contributed by atoms with van der Waals surface area (Å²) in [5, 5.41) is 3.08. The van der Waals surface area contributed by atoms with Crippen molar-refractivity contribution in [2.24, 2.45) is 5.92 Å². The molecule has 0 aliphatic heterocycles. The Morgan fingerprint density at radius 1 is 1.33 bits per heavy atom. The van der Waals surface area contributed by atoms with E-state index < -0.39 is 0 Å². The van der Waals surface area contributed by atoms with Crippen LogP contribution in [0.25, 0.3) is 0 Å². The zero-order chi connectivity index (χ0) is 11.1. The van der Waals surface area contributed by atoms with Gasteiger partial charge in [0.05, 0.1) is 0 Å². The Morgan fingerprint density at radius 3 is 2.80 bits per heavy atom. The minimum Gasteiger partial charge on any atom is -0.372 e. The number of carbonyl (C=O) groups is 1. The van der Waals surface area contributed by atoms with E-state index in [0.717, 1.165) is 6.42 Å². The fraction of sp³-hybridized carbons (Fsp3) is 0.917. The van der Waals surface area contributed by atoms with Gasteiger partial charge >= 0.3 is 0 Å². The Bertz CT molecular complexity index is 194. The van der Waals surface area contributed by atoms with Crippen molar-refractivity contribution in [3.63, 3.8) is 0 Å². The van der Waals surface area contributed by atoms with Crippen LogP contribution in [0.3, 0.4) is 0 Å². The Morgan fingerprint density at radius 2 is 2.07 bits per heavy atom. The first kappa shape index (κ1) is 12.5. The molecule has 1 saturated carbocycles. The van der Waals surface area contributed by atoms with Crippen molar-refractivity contribution in [1.29, 1.82) is 0 Å². The molecule has 88 valence electrons. The molecule has 1 fully saturated rings. The third kappa shape index (κ3) is 4.65. The molecule has 0 saturated heterocycles. The monoisotopic (exact) mass is 213 g/mol. The van der Waals surface area contributed by atoms with Gasteiger partial charge in [-0.05, 0) is 25.7 Å². The van der Waals surface area contributed by atoms with Crippen molar-refractivity contribution < 1.29 is 9.53 Å². The Kier molecular flexibility index (Phi) is 5.69. The highest BCUT2D eigenvalue weighted by molar-refractivity contribution is 5.77. The van der Waals surface area contributed by atoms with Gasteiger partial charge in [0.2, 0.25) is 5.91 Å². The number of amides is 1. The van der Waals surface area contributed by atoms with Gasteiger partial charge in [-0.1, -0.05) is 26.2 Å². The number of hydrogen-bond acceptors (Lipinski definition) is 2. The summed E-state index contributed by atoms with van der Waals surface area (Å²) in [6.45, 7) is 4.95. The molecule has 0 spiro atoms. The fourth-order valence-electron chi connectivity index (χ4n) is 2.15. The molecule has 0 aromatic heterocycles. The average Bonchev–Trinajstić information content (AvgIpc) is 2.42. The second kappa shape index (κ2) is 6.83. The summed E-state index contributed by atoms with van der Waals surface area (Å²) in [4.78, 5) is 11.5. The smallest absolute Gasteiger partial charge is 0.246 e. The molecule has 1 aliphatic rings. The summed E-state index contributed by atoms with van der Waals surface area (Å²) >= 11 is 0. The molecule has 2 unspecified atom stereocenters. The average molecular weight is 213 g/mol. The SMILES string of the molecule is CCOCC(=O)NC1CCCCCC1C. The van der Waals surface area contributed by atoms with Gasteiger partial charge in [-0.25, -0.2) is 0 Å². The Balaban J connectivity index is 2.30. The summed E-state index contributed by atoms with van der Waals surface area (Å²) in [6, 6.07) is 0.362. The van der Waals surface area contributed by atoms with Crippen LogP contribution in [0, 0.1) is 5.92 Å². The van der Waals surface area contributed by atoms with E-state index in [1.54, 1.807) is 0 Å². The number of rotatable bonds is 4. The van der Waals surface area contributed by atoms with Gasteiger partial charge < -0.3 is 10.1 Å². The van der Waals surface area contributed by atoms with E-state index in [1.807, 2.05) is 6.92 Å². The summed E-state index contributed by atoms with van der Waals surface area (Å²) < 4.78 is 5.09. The minimum atomic E-state index is 0.0376. The van der Waals surface area contributed by atoms with Gasteiger partial charge in [-0.2, -0.15) is 0 Å².